The van der Waals surface area contributed by atoms with Gasteiger partial charge in [0.25, 0.3) is 5.91 Å². The van der Waals surface area contributed by atoms with E-state index in [0.717, 1.165) is 24.3 Å². The van der Waals surface area contributed by atoms with Gasteiger partial charge in [-0.2, -0.15) is 0 Å². The first-order valence-corrected chi connectivity index (χ1v) is 8.90. The summed E-state index contributed by atoms with van der Waals surface area (Å²) in [6, 6.07) is 17.6. The van der Waals surface area contributed by atoms with Crippen molar-refractivity contribution in [1.29, 1.82) is 0 Å². The Morgan fingerprint density at radius 1 is 1.00 bits per heavy atom. The molecule has 1 aliphatic heterocycles. The van der Waals surface area contributed by atoms with Crippen LogP contribution in [0.4, 0.5) is 11.4 Å². The van der Waals surface area contributed by atoms with Crippen LogP contribution in [0.5, 0.6) is 0 Å². The molecule has 0 atom stereocenters. The van der Waals surface area contributed by atoms with Gasteiger partial charge in [-0.15, -0.1) is 0 Å². The standard InChI is InChI=1S/C21H18ClN3O/c22-18-6-3-7-19(11-18)24-20-10-17(12-23-13-20)21(26)25-9-8-15-4-1-2-5-16(15)14-25/h1-7,10-13,24H,8-9,14H2. The van der Waals surface area contributed by atoms with Crippen molar-refractivity contribution >= 4 is 28.9 Å². The van der Waals surface area contributed by atoms with E-state index in [1.54, 1.807) is 12.4 Å². The Morgan fingerprint density at radius 3 is 2.69 bits per heavy atom. The molecule has 1 amide bonds. The van der Waals surface area contributed by atoms with Gasteiger partial charge in [-0.1, -0.05) is 41.9 Å². The first kappa shape index (κ1) is 16.6. The summed E-state index contributed by atoms with van der Waals surface area (Å²) in [5, 5.41) is 3.90. The van der Waals surface area contributed by atoms with Crippen LogP contribution in [0.2, 0.25) is 5.02 Å². The molecule has 0 unspecified atom stereocenters. The van der Waals surface area contributed by atoms with E-state index in [1.807, 2.05) is 47.4 Å². The number of rotatable bonds is 3. The summed E-state index contributed by atoms with van der Waals surface area (Å²) in [5.41, 5.74) is 4.74. The predicted molar refractivity (Wildman–Crippen MR) is 104 cm³/mol. The van der Waals surface area contributed by atoms with Gasteiger partial charge in [0, 0.05) is 30.0 Å². The highest BCUT2D eigenvalue weighted by atomic mass is 35.5. The van der Waals surface area contributed by atoms with Crippen molar-refractivity contribution in [2.75, 3.05) is 11.9 Å². The molecular formula is C21H18ClN3O. The van der Waals surface area contributed by atoms with Gasteiger partial charge in [0.2, 0.25) is 0 Å². The molecule has 2 heterocycles. The number of pyridine rings is 1. The molecule has 4 rings (SSSR count). The van der Waals surface area contributed by atoms with Crippen LogP contribution in [-0.4, -0.2) is 22.3 Å². The molecule has 0 fully saturated rings. The van der Waals surface area contributed by atoms with Crippen LogP contribution in [0.15, 0.2) is 67.0 Å². The SMILES string of the molecule is O=C(c1cncc(Nc2cccc(Cl)c2)c1)N1CCc2ccccc2C1. The van der Waals surface area contributed by atoms with E-state index in [9.17, 15) is 4.79 Å². The van der Waals surface area contributed by atoms with E-state index in [0.29, 0.717) is 17.1 Å². The van der Waals surface area contributed by atoms with Crippen LogP contribution in [0.1, 0.15) is 21.5 Å². The van der Waals surface area contributed by atoms with E-state index in [4.69, 9.17) is 11.6 Å². The zero-order valence-corrected chi connectivity index (χ0v) is 14.9. The second-order valence-electron chi connectivity index (χ2n) is 6.34. The van der Waals surface area contributed by atoms with Crippen LogP contribution < -0.4 is 5.32 Å². The molecule has 130 valence electrons. The average Bonchev–Trinajstić information content (AvgIpc) is 2.67. The lowest BCUT2D eigenvalue weighted by atomic mass is 9.99. The molecule has 26 heavy (non-hydrogen) atoms. The van der Waals surface area contributed by atoms with Crippen LogP contribution >= 0.6 is 11.6 Å². The monoisotopic (exact) mass is 363 g/mol. The van der Waals surface area contributed by atoms with E-state index in [1.165, 1.54) is 11.1 Å². The number of fused-ring (bicyclic) bond motifs is 1. The Hall–Kier alpha value is -2.85. The average molecular weight is 364 g/mol. The van der Waals surface area contributed by atoms with Crippen LogP contribution in [-0.2, 0) is 13.0 Å². The van der Waals surface area contributed by atoms with Crippen molar-refractivity contribution in [3.05, 3.63) is 88.7 Å². The third-order valence-electron chi connectivity index (χ3n) is 4.52. The molecule has 0 radical (unpaired) electrons. The first-order valence-electron chi connectivity index (χ1n) is 8.53. The van der Waals surface area contributed by atoms with E-state index < -0.39 is 0 Å². The van der Waals surface area contributed by atoms with Crippen molar-refractivity contribution in [2.24, 2.45) is 0 Å². The number of anilines is 2. The molecule has 0 bridgehead atoms. The zero-order chi connectivity index (χ0) is 17.9. The number of amides is 1. The highest BCUT2D eigenvalue weighted by Gasteiger charge is 2.21. The number of aromatic nitrogens is 1. The molecule has 4 nitrogen and oxygen atoms in total. The Morgan fingerprint density at radius 2 is 1.85 bits per heavy atom. The lowest BCUT2D eigenvalue weighted by Crippen LogP contribution is -2.36. The Balaban J connectivity index is 1.52. The molecule has 1 aliphatic rings. The number of nitrogens with one attached hydrogen (secondary N) is 1. The van der Waals surface area contributed by atoms with Gasteiger partial charge in [-0.25, -0.2) is 0 Å². The number of hydrogen-bond donors (Lipinski definition) is 1. The largest absolute Gasteiger partial charge is 0.354 e. The third-order valence-corrected chi connectivity index (χ3v) is 4.75. The third kappa shape index (κ3) is 3.55. The molecule has 0 spiro atoms. The maximum Gasteiger partial charge on any atom is 0.255 e. The summed E-state index contributed by atoms with van der Waals surface area (Å²) in [6.07, 6.45) is 4.20. The molecule has 0 saturated heterocycles. The van der Waals surface area contributed by atoms with Gasteiger partial charge in [-0.05, 0) is 41.8 Å². The normalized spacial score (nSPS) is 13.2. The number of halogens is 1. The predicted octanol–water partition coefficient (Wildman–Crippen LogP) is 4.68. The molecule has 5 heteroatoms. The summed E-state index contributed by atoms with van der Waals surface area (Å²) in [7, 11) is 0. The maximum absolute atomic E-state index is 12.9. The topological polar surface area (TPSA) is 45.2 Å². The summed E-state index contributed by atoms with van der Waals surface area (Å²) in [6.45, 7) is 1.36. The number of nitrogens with zero attached hydrogens (tertiary/aromatic N) is 2. The summed E-state index contributed by atoms with van der Waals surface area (Å²) in [5.74, 6) is 0.00162. The molecule has 1 N–H and O–H groups in total. The van der Waals surface area contributed by atoms with Crippen molar-refractivity contribution < 1.29 is 4.79 Å². The molecule has 3 aromatic rings. The summed E-state index contributed by atoms with van der Waals surface area (Å²) in [4.78, 5) is 19.0. The highest BCUT2D eigenvalue weighted by Crippen LogP contribution is 2.23. The second-order valence-corrected chi connectivity index (χ2v) is 6.78. The lowest BCUT2D eigenvalue weighted by Gasteiger charge is -2.29. The van der Waals surface area contributed by atoms with Crippen LogP contribution in [0.25, 0.3) is 0 Å². The maximum atomic E-state index is 12.9. The summed E-state index contributed by atoms with van der Waals surface area (Å²) < 4.78 is 0. The molecule has 1 aromatic heterocycles. The summed E-state index contributed by atoms with van der Waals surface area (Å²) >= 11 is 6.02. The number of hydrogen-bond acceptors (Lipinski definition) is 3. The Labute approximate surface area is 157 Å². The van der Waals surface area contributed by atoms with E-state index >= 15 is 0 Å². The van der Waals surface area contributed by atoms with Crippen LogP contribution in [0, 0.1) is 0 Å². The first-order chi connectivity index (χ1) is 12.7. The minimum absolute atomic E-state index is 0.00162. The van der Waals surface area contributed by atoms with Crippen LogP contribution in [0.3, 0.4) is 0 Å². The molecular weight excluding hydrogens is 346 g/mol. The van der Waals surface area contributed by atoms with Gasteiger partial charge >= 0.3 is 0 Å². The fraction of sp³-hybridized carbons (Fsp3) is 0.143. The van der Waals surface area contributed by atoms with E-state index in [2.05, 4.69) is 22.4 Å². The van der Waals surface area contributed by atoms with Crippen molar-refractivity contribution in [3.63, 3.8) is 0 Å². The van der Waals surface area contributed by atoms with Gasteiger partial charge < -0.3 is 10.2 Å². The molecule has 0 aliphatic carbocycles. The Bertz CT molecular complexity index is 957. The zero-order valence-electron chi connectivity index (χ0n) is 14.2. The van der Waals surface area contributed by atoms with E-state index in [-0.39, 0.29) is 5.91 Å². The number of benzene rings is 2. The minimum Gasteiger partial charge on any atom is -0.354 e. The van der Waals surface area contributed by atoms with Crippen molar-refractivity contribution in [2.45, 2.75) is 13.0 Å². The number of carbonyl (C=O) groups is 1. The fourth-order valence-electron chi connectivity index (χ4n) is 3.21. The van der Waals surface area contributed by atoms with Gasteiger partial charge in [0.1, 0.15) is 0 Å². The van der Waals surface area contributed by atoms with Crippen molar-refractivity contribution in [1.82, 2.24) is 9.88 Å². The lowest BCUT2D eigenvalue weighted by molar-refractivity contribution is 0.0734. The highest BCUT2D eigenvalue weighted by molar-refractivity contribution is 6.30. The molecule has 0 saturated carbocycles. The van der Waals surface area contributed by atoms with Gasteiger partial charge in [-0.3, -0.25) is 9.78 Å². The Kier molecular flexibility index (Phi) is 4.59. The van der Waals surface area contributed by atoms with Gasteiger partial charge in [0.05, 0.1) is 17.4 Å². The molecule has 2 aromatic carbocycles. The minimum atomic E-state index is 0.00162. The van der Waals surface area contributed by atoms with Crippen molar-refractivity contribution in [3.8, 4) is 0 Å². The fourth-order valence-corrected chi connectivity index (χ4v) is 3.40. The quantitative estimate of drug-likeness (QED) is 0.735. The second kappa shape index (κ2) is 7.18. The number of carbonyl (C=O) groups excluding carboxylic acids is 1. The smallest absolute Gasteiger partial charge is 0.255 e. The van der Waals surface area contributed by atoms with Gasteiger partial charge in [0.15, 0.2) is 0 Å².